The van der Waals surface area contributed by atoms with Crippen LogP contribution in [0.5, 0.6) is 5.75 Å². The highest BCUT2D eigenvalue weighted by molar-refractivity contribution is 5.81. The molecule has 0 radical (unpaired) electrons. The Morgan fingerprint density at radius 2 is 1.80 bits per heavy atom. The van der Waals surface area contributed by atoms with Crippen molar-refractivity contribution >= 4 is 5.96 Å². The number of nitrogens with zero attached hydrogens (tertiary/aromatic N) is 2. The number of aliphatic imine (C=N–C) groups is 1. The first-order valence-electron chi connectivity index (χ1n) is 7.70. The lowest BCUT2D eigenvalue weighted by Gasteiger charge is -2.28. The summed E-state index contributed by atoms with van der Waals surface area (Å²) in [6.45, 7) is -0.748. The molecule has 4 nitrogen and oxygen atoms in total. The van der Waals surface area contributed by atoms with Crippen LogP contribution in [0.4, 0.5) is 13.2 Å². The van der Waals surface area contributed by atoms with Crippen LogP contribution in [0.1, 0.15) is 16.7 Å². The maximum absolute atomic E-state index is 13.7. The number of rotatable bonds is 4. The third-order valence-electron chi connectivity index (χ3n) is 4.36. The summed E-state index contributed by atoms with van der Waals surface area (Å²) in [7, 11) is 1.81. The van der Waals surface area contributed by atoms with E-state index >= 15 is 0 Å². The Morgan fingerprint density at radius 3 is 2.32 bits per heavy atom. The summed E-state index contributed by atoms with van der Waals surface area (Å²) >= 11 is 0. The zero-order valence-corrected chi connectivity index (χ0v) is 13.8. The van der Waals surface area contributed by atoms with Crippen LogP contribution in [-0.2, 0) is 5.54 Å². The van der Waals surface area contributed by atoms with Gasteiger partial charge in [-0.15, -0.1) is 0 Å². The second kappa shape index (κ2) is 6.31. The number of hydrogen-bond donors (Lipinski definition) is 1. The summed E-state index contributed by atoms with van der Waals surface area (Å²) in [4.78, 5) is 6.41. The number of alkyl halides is 2. The Hall–Kier alpha value is -2.70. The smallest absolute Gasteiger partial charge is 0.387 e. The van der Waals surface area contributed by atoms with Crippen LogP contribution in [0, 0.1) is 12.7 Å². The molecule has 0 spiro atoms. The molecule has 2 N–H and O–H groups in total. The largest absolute Gasteiger partial charge is 0.435 e. The van der Waals surface area contributed by atoms with Gasteiger partial charge in [-0.1, -0.05) is 24.3 Å². The number of aryl methyl sites for hydroxylation is 1. The van der Waals surface area contributed by atoms with E-state index in [4.69, 9.17) is 5.73 Å². The standard InChI is InChI=1S/C18H18F3N3O/c1-11-9-13(5-8-15(11)19)18(10-24(2)17(22)23-18)12-3-6-14(7-4-12)25-16(20)21/h3-9,16H,10H2,1-2H3,(H2,22,23). The van der Waals surface area contributed by atoms with Gasteiger partial charge in [0, 0.05) is 7.05 Å². The highest BCUT2D eigenvalue weighted by Gasteiger charge is 2.41. The maximum Gasteiger partial charge on any atom is 0.387 e. The monoisotopic (exact) mass is 349 g/mol. The first-order chi connectivity index (χ1) is 11.8. The van der Waals surface area contributed by atoms with Gasteiger partial charge in [-0.05, 0) is 41.8 Å². The predicted octanol–water partition coefficient (Wildman–Crippen LogP) is 3.24. The van der Waals surface area contributed by atoms with Crippen molar-refractivity contribution in [3.8, 4) is 5.75 Å². The highest BCUT2D eigenvalue weighted by atomic mass is 19.3. The van der Waals surface area contributed by atoms with E-state index in [0.29, 0.717) is 18.1 Å². The molecule has 132 valence electrons. The van der Waals surface area contributed by atoms with Crippen LogP contribution >= 0.6 is 0 Å². The fourth-order valence-corrected chi connectivity index (χ4v) is 3.03. The molecule has 0 saturated heterocycles. The SMILES string of the molecule is Cc1cc(C2(c3ccc(OC(F)F)cc3)CN(C)C(N)=N2)ccc1F. The molecule has 0 fully saturated rings. The Balaban J connectivity index is 2.08. The van der Waals surface area contributed by atoms with Gasteiger partial charge >= 0.3 is 6.61 Å². The first-order valence-corrected chi connectivity index (χ1v) is 7.70. The molecular weight excluding hydrogens is 331 g/mol. The van der Waals surface area contributed by atoms with Crippen LogP contribution in [-0.4, -0.2) is 31.1 Å². The molecule has 25 heavy (non-hydrogen) atoms. The van der Waals surface area contributed by atoms with E-state index in [1.165, 1.54) is 18.2 Å². The molecule has 7 heteroatoms. The summed E-state index contributed by atoms with van der Waals surface area (Å²) in [6, 6.07) is 11.1. The second-order valence-electron chi connectivity index (χ2n) is 6.05. The zero-order chi connectivity index (χ0) is 18.2. The van der Waals surface area contributed by atoms with Crippen molar-refractivity contribution in [3.05, 3.63) is 65.0 Å². The average molecular weight is 349 g/mol. The molecule has 2 aromatic rings. The molecule has 0 aromatic heterocycles. The summed E-state index contributed by atoms with van der Waals surface area (Å²) < 4.78 is 42.8. The van der Waals surface area contributed by atoms with Gasteiger partial charge in [0.15, 0.2) is 5.96 Å². The first kappa shape index (κ1) is 17.1. The Kier molecular flexibility index (Phi) is 4.32. The molecule has 1 aliphatic heterocycles. The minimum atomic E-state index is -2.88. The van der Waals surface area contributed by atoms with Gasteiger partial charge < -0.3 is 15.4 Å². The number of guanidine groups is 1. The zero-order valence-electron chi connectivity index (χ0n) is 13.8. The van der Waals surface area contributed by atoms with Crippen molar-refractivity contribution in [1.29, 1.82) is 0 Å². The van der Waals surface area contributed by atoms with E-state index < -0.39 is 12.2 Å². The molecule has 0 amide bonds. The van der Waals surface area contributed by atoms with Gasteiger partial charge in [-0.2, -0.15) is 8.78 Å². The van der Waals surface area contributed by atoms with Crippen molar-refractivity contribution in [2.75, 3.05) is 13.6 Å². The minimum absolute atomic E-state index is 0.0625. The topological polar surface area (TPSA) is 50.9 Å². The number of halogens is 3. The summed E-state index contributed by atoms with van der Waals surface area (Å²) in [5.74, 6) is 0.116. The number of nitrogens with two attached hydrogens (primary N) is 1. The number of likely N-dealkylation sites (N-methyl/N-ethyl adjacent to an activating group) is 1. The molecule has 0 bridgehead atoms. The normalized spacial score (nSPS) is 20.1. The lowest BCUT2D eigenvalue weighted by molar-refractivity contribution is -0.0498. The second-order valence-corrected chi connectivity index (χ2v) is 6.05. The predicted molar refractivity (Wildman–Crippen MR) is 89.2 cm³/mol. The van der Waals surface area contributed by atoms with Gasteiger partial charge in [0.2, 0.25) is 0 Å². The molecular formula is C18H18F3N3O. The minimum Gasteiger partial charge on any atom is -0.435 e. The molecule has 1 heterocycles. The van der Waals surface area contributed by atoms with Gasteiger partial charge in [0.05, 0.1) is 6.54 Å². The van der Waals surface area contributed by atoms with Crippen LogP contribution in [0.3, 0.4) is 0 Å². The number of hydrogen-bond acceptors (Lipinski definition) is 4. The van der Waals surface area contributed by atoms with E-state index in [1.54, 1.807) is 36.1 Å². The van der Waals surface area contributed by atoms with Crippen LogP contribution in [0.2, 0.25) is 0 Å². The molecule has 0 aliphatic carbocycles. The third-order valence-corrected chi connectivity index (χ3v) is 4.36. The van der Waals surface area contributed by atoms with E-state index in [1.807, 2.05) is 7.05 Å². The van der Waals surface area contributed by atoms with E-state index in [9.17, 15) is 13.2 Å². The van der Waals surface area contributed by atoms with E-state index in [-0.39, 0.29) is 11.6 Å². The lowest BCUT2D eigenvalue weighted by Crippen LogP contribution is -2.34. The Morgan fingerprint density at radius 1 is 1.16 bits per heavy atom. The molecule has 1 atom stereocenters. The van der Waals surface area contributed by atoms with Crippen molar-refractivity contribution in [1.82, 2.24) is 4.90 Å². The fraction of sp³-hybridized carbons (Fsp3) is 0.278. The summed E-state index contributed by atoms with van der Waals surface area (Å²) in [6.07, 6.45) is 0. The van der Waals surface area contributed by atoms with Gasteiger partial charge in [0.1, 0.15) is 17.1 Å². The Bertz CT molecular complexity index is 808. The molecule has 3 rings (SSSR count). The van der Waals surface area contributed by atoms with E-state index in [0.717, 1.165) is 11.1 Å². The highest BCUT2D eigenvalue weighted by Crippen LogP contribution is 2.39. The van der Waals surface area contributed by atoms with Crippen molar-refractivity contribution < 1.29 is 17.9 Å². The van der Waals surface area contributed by atoms with E-state index in [2.05, 4.69) is 9.73 Å². The Labute approximate surface area is 143 Å². The van der Waals surface area contributed by atoms with Crippen molar-refractivity contribution in [2.45, 2.75) is 19.1 Å². The van der Waals surface area contributed by atoms with Gasteiger partial charge in [0.25, 0.3) is 0 Å². The van der Waals surface area contributed by atoms with Crippen molar-refractivity contribution in [3.63, 3.8) is 0 Å². The maximum atomic E-state index is 13.7. The summed E-state index contributed by atoms with van der Waals surface area (Å²) in [5.41, 5.74) is 7.17. The third kappa shape index (κ3) is 3.14. The molecule has 0 saturated carbocycles. The summed E-state index contributed by atoms with van der Waals surface area (Å²) in [5, 5.41) is 0. The molecule has 1 aliphatic rings. The van der Waals surface area contributed by atoms with Crippen LogP contribution in [0.15, 0.2) is 47.5 Å². The van der Waals surface area contributed by atoms with Gasteiger partial charge in [-0.3, -0.25) is 0 Å². The quantitative estimate of drug-likeness (QED) is 0.922. The average Bonchev–Trinajstić information content (AvgIpc) is 2.86. The molecule has 1 unspecified atom stereocenters. The lowest BCUT2D eigenvalue weighted by atomic mass is 9.83. The number of ether oxygens (including phenoxy) is 1. The van der Waals surface area contributed by atoms with Crippen LogP contribution < -0.4 is 10.5 Å². The van der Waals surface area contributed by atoms with Gasteiger partial charge in [-0.25, -0.2) is 9.38 Å². The molecule has 2 aromatic carbocycles. The fourth-order valence-electron chi connectivity index (χ4n) is 3.03. The van der Waals surface area contributed by atoms with Crippen molar-refractivity contribution in [2.24, 2.45) is 10.7 Å². The van der Waals surface area contributed by atoms with Crippen LogP contribution in [0.25, 0.3) is 0 Å². The number of benzene rings is 2.